The first-order valence-electron chi connectivity index (χ1n) is 12.7. The second kappa shape index (κ2) is 7.93. The van der Waals surface area contributed by atoms with Crippen LogP contribution in [-0.4, -0.2) is 26.2 Å². The van der Waals surface area contributed by atoms with Gasteiger partial charge in [-0.3, -0.25) is 0 Å². The number of hydrogen-bond donors (Lipinski definition) is 0. The molecule has 0 atom stereocenters. The minimum atomic E-state index is 0.358. The second-order valence-electron chi connectivity index (χ2n) is 9.90. The Balaban J connectivity index is 1.35. The summed E-state index contributed by atoms with van der Waals surface area (Å²) in [5.41, 5.74) is 10.4. The zero-order valence-corrected chi connectivity index (χ0v) is 22.0. The van der Waals surface area contributed by atoms with Crippen LogP contribution < -0.4 is 25.3 Å². The fourth-order valence-corrected chi connectivity index (χ4v) is 10.3. The van der Waals surface area contributed by atoms with E-state index in [1.54, 1.807) is 19.9 Å². The van der Waals surface area contributed by atoms with Gasteiger partial charge < -0.3 is 0 Å². The van der Waals surface area contributed by atoms with Gasteiger partial charge in [0.25, 0.3) is 0 Å². The van der Waals surface area contributed by atoms with Gasteiger partial charge in [0.1, 0.15) is 0 Å². The van der Waals surface area contributed by atoms with Crippen LogP contribution in [0.2, 0.25) is 0 Å². The van der Waals surface area contributed by atoms with E-state index in [0.29, 0.717) is 21.7 Å². The standard InChI is InChI=1S/C31H24BNSSe/c1-2-9-21-22-10-4-6-13-26(22)33(25(21)12-3-1)20-17-18-23-28(19-20)34-27-14-8-16-30-31(27)32(23)24-11-5-7-15-29(24)35-30/h4-8,10-11,13-19H,1-3,9,12H2. The number of hydrogen-bond acceptors (Lipinski definition) is 1. The summed E-state index contributed by atoms with van der Waals surface area (Å²) < 4.78 is 5.68. The summed E-state index contributed by atoms with van der Waals surface area (Å²) in [7, 11) is 0. The molecule has 3 aliphatic rings. The molecule has 0 saturated heterocycles. The van der Waals surface area contributed by atoms with E-state index in [9.17, 15) is 0 Å². The van der Waals surface area contributed by atoms with Gasteiger partial charge in [0, 0.05) is 0 Å². The van der Waals surface area contributed by atoms with Crippen LogP contribution in [0.15, 0.2) is 94.7 Å². The first kappa shape index (κ1) is 20.5. The summed E-state index contributed by atoms with van der Waals surface area (Å²) in [5.74, 6) is 0. The van der Waals surface area contributed by atoms with Crippen LogP contribution in [0.1, 0.15) is 30.5 Å². The van der Waals surface area contributed by atoms with Crippen LogP contribution in [0, 0.1) is 0 Å². The van der Waals surface area contributed by atoms with Crippen molar-refractivity contribution in [1.82, 2.24) is 4.57 Å². The van der Waals surface area contributed by atoms with Gasteiger partial charge in [-0.2, -0.15) is 0 Å². The van der Waals surface area contributed by atoms with Crippen molar-refractivity contribution in [3.05, 3.63) is 96.2 Å². The average molecular weight is 532 g/mol. The summed E-state index contributed by atoms with van der Waals surface area (Å²) in [6.07, 6.45) is 6.32. The molecule has 4 heteroatoms. The topological polar surface area (TPSA) is 4.93 Å². The molecule has 3 heterocycles. The van der Waals surface area contributed by atoms with E-state index in [4.69, 9.17) is 0 Å². The average Bonchev–Trinajstić information content (AvgIpc) is 3.03. The molecule has 0 bridgehead atoms. The van der Waals surface area contributed by atoms with Crippen molar-refractivity contribution in [3.63, 3.8) is 0 Å². The van der Waals surface area contributed by atoms with Crippen molar-refractivity contribution < 1.29 is 0 Å². The van der Waals surface area contributed by atoms with Gasteiger partial charge in [0.05, 0.1) is 0 Å². The number of benzene rings is 4. The number of rotatable bonds is 1. The Morgan fingerprint density at radius 2 is 1.57 bits per heavy atom. The normalized spacial score (nSPS) is 15.7. The van der Waals surface area contributed by atoms with E-state index >= 15 is 0 Å². The van der Waals surface area contributed by atoms with E-state index in [1.165, 1.54) is 75.1 Å². The van der Waals surface area contributed by atoms with Crippen LogP contribution in [0.3, 0.4) is 0 Å². The molecule has 1 nitrogen and oxygen atoms in total. The van der Waals surface area contributed by atoms with Gasteiger partial charge in [-0.1, -0.05) is 0 Å². The predicted octanol–water partition coefficient (Wildman–Crippen LogP) is 3.85. The third-order valence-electron chi connectivity index (χ3n) is 7.98. The van der Waals surface area contributed by atoms with Gasteiger partial charge in [0.2, 0.25) is 0 Å². The number of nitrogens with zero attached hydrogens (tertiary/aromatic N) is 1. The minimum absolute atomic E-state index is 0.358. The third-order valence-corrected chi connectivity index (χ3v) is 11.6. The second-order valence-corrected chi connectivity index (χ2v) is 13.3. The summed E-state index contributed by atoms with van der Waals surface area (Å²) >= 11 is 2.37. The summed E-state index contributed by atoms with van der Waals surface area (Å²) in [6, 6.07) is 32.5. The van der Waals surface area contributed by atoms with E-state index < -0.39 is 0 Å². The van der Waals surface area contributed by atoms with Crippen LogP contribution in [0.5, 0.6) is 0 Å². The maximum absolute atomic E-state index is 2.58. The first-order valence-corrected chi connectivity index (χ1v) is 15.2. The van der Waals surface area contributed by atoms with E-state index in [0.717, 1.165) is 0 Å². The monoisotopic (exact) mass is 533 g/mol. The molecule has 35 heavy (non-hydrogen) atoms. The summed E-state index contributed by atoms with van der Waals surface area (Å²) in [5, 5.41) is 1.45. The Bertz CT molecular complexity index is 1650. The molecule has 168 valence electrons. The van der Waals surface area contributed by atoms with Crippen LogP contribution in [0.25, 0.3) is 16.6 Å². The Kier molecular flexibility index (Phi) is 4.65. The molecule has 0 N–H and O–H groups in total. The van der Waals surface area contributed by atoms with Gasteiger partial charge >= 0.3 is 218 Å². The molecule has 0 amide bonds. The Hall–Kier alpha value is -2.65. The molecule has 0 saturated carbocycles. The van der Waals surface area contributed by atoms with E-state index in [2.05, 4.69) is 89.5 Å². The quantitative estimate of drug-likeness (QED) is 0.230. The molecule has 8 rings (SSSR count). The Morgan fingerprint density at radius 3 is 2.57 bits per heavy atom. The fraction of sp³-hybridized carbons (Fsp3) is 0.161. The zero-order chi connectivity index (χ0) is 22.9. The van der Waals surface area contributed by atoms with E-state index in [1.807, 2.05) is 11.8 Å². The van der Waals surface area contributed by atoms with Crippen molar-refractivity contribution in [1.29, 1.82) is 0 Å². The fourth-order valence-electron chi connectivity index (χ4n) is 6.47. The molecule has 0 spiro atoms. The molecular weight excluding hydrogens is 508 g/mol. The van der Waals surface area contributed by atoms with Gasteiger partial charge in [-0.05, 0) is 0 Å². The first-order chi connectivity index (χ1) is 17.4. The predicted molar refractivity (Wildman–Crippen MR) is 151 cm³/mol. The van der Waals surface area contributed by atoms with Crippen molar-refractivity contribution in [2.75, 3.05) is 0 Å². The molecular formula is C31H24BNSSe. The summed E-state index contributed by atoms with van der Waals surface area (Å²) in [4.78, 5) is 2.87. The maximum atomic E-state index is 2.58. The summed E-state index contributed by atoms with van der Waals surface area (Å²) in [6.45, 7) is 0.358. The number of fused-ring (bicyclic) bond motifs is 7. The molecule has 5 aromatic rings. The number of para-hydroxylation sites is 1. The van der Waals surface area contributed by atoms with Crippen LogP contribution in [-0.2, 0) is 12.8 Å². The molecule has 0 unspecified atom stereocenters. The molecule has 0 radical (unpaired) electrons. The molecule has 0 fully saturated rings. The molecule has 1 aromatic heterocycles. The molecule has 2 aliphatic heterocycles. The Morgan fingerprint density at radius 1 is 0.714 bits per heavy atom. The van der Waals surface area contributed by atoms with Gasteiger partial charge in [0.15, 0.2) is 0 Å². The van der Waals surface area contributed by atoms with Crippen molar-refractivity contribution in [2.45, 2.75) is 41.9 Å². The van der Waals surface area contributed by atoms with Gasteiger partial charge in [-0.15, -0.1) is 0 Å². The number of aromatic nitrogens is 1. The SMILES string of the molecule is c1ccc2c(c1)[Se]c1cccc3c1B2c1ccc(-n2c4c(c5ccccc52)CCCCC4)cc1S3. The van der Waals surface area contributed by atoms with E-state index in [-0.39, 0.29) is 0 Å². The molecule has 4 aromatic carbocycles. The van der Waals surface area contributed by atoms with Crippen molar-refractivity contribution in [3.8, 4) is 5.69 Å². The van der Waals surface area contributed by atoms with Crippen LogP contribution in [0.4, 0.5) is 0 Å². The zero-order valence-electron chi connectivity index (χ0n) is 19.5. The third kappa shape index (κ3) is 3.03. The number of aryl methyl sites for hydroxylation is 1. The Labute approximate surface area is 217 Å². The van der Waals surface area contributed by atoms with Crippen molar-refractivity contribution >= 4 is 69.6 Å². The van der Waals surface area contributed by atoms with Gasteiger partial charge in [-0.25, -0.2) is 0 Å². The molecule has 1 aliphatic carbocycles. The van der Waals surface area contributed by atoms with Crippen LogP contribution >= 0.6 is 11.8 Å². The van der Waals surface area contributed by atoms with Crippen molar-refractivity contribution in [2.24, 2.45) is 0 Å².